The lowest BCUT2D eigenvalue weighted by atomic mass is 10.2. The van der Waals surface area contributed by atoms with E-state index in [-0.39, 0.29) is 16.3 Å². The molecular weight excluding hydrogens is 658 g/mol. The molecule has 2 amide bonds. The van der Waals surface area contributed by atoms with Gasteiger partial charge in [-0.05, 0) is 54.6 Å². The number of carboxylic acid groups (broad SMARTS) is 1. The Labute approximate surface area is 255 Å². The summed E-state index contributed by atoms with van der Waals surface area (Å²) >= 11 is 0. The lowest BCUT2D eigenvalue weighted by Gasteiger charge is -2.12. The molecule has 0 radical (unpaired) electrons. The number of hydrazone groups is 1. The maximum absolute atomic E-state index is 13.0. The molecule has 45 heavy (non-hydrogen) atoms. The Morgan fingerprint density at radius 1 is 0.867 bits per heavy atom. The zero-order valence-corrected chi connectivity index (χ0v) is 24.9. The second-order valence-corrected chi connectivity index (χ2v) is 14.0. The molecular formula is C25H21N5O12S3. The minimum atomic E-state index is -5.03. The summed E-state index contributed by atoms with van der Waals surface area (Å²) in [5, 5.41) is 23.3. The number of amides is 2. The minimum absolute atomic E-state index is 0.0104. The molecule has 4 N–H and O–H groups in total. The van der Waals surface area contributed by atoms with Crippen LogP contribution in [0.15, 0.2) is 103 Å². The Kier molecular flexibility index (Phi) is 9.25. The van der Waals surface area contributed by atoms with Crippen molar-refractivity contribution in [3.63, 3.8) is 0 Å². The molecule has 1 aliphatic rings. The molecule has 0 spiro atoms. The van der Waals surface area contributed by atoms with Crippen LogP contribution < -0.4 is 10.3 Å². The van der Waals surface area contributed by atoms with E-state index in [1.54, 1.807) is 6.07 Å². The number of anilines is 2. The fourth-order valence-corrected chi connectivity index (χ4v) is 6.24. The molecule has 0 aliphatic carbocycles. The van der Waals surface area contributed by atoms with E-state index in [2.05, 4.69) is 20.6 Å². The van der Waals surface area contributed by atoms with E-state index in [0.29, 0.717) is 5.01 Å². The van der Waals surface area contributed by atoms with Crippen molar-refractivity contribution in [2.24, 2.45) is 15.3 Å². The van der Waals surface area contributed by atoms with Gasteiger partial charge in [0.25, 0.3) is 26.1 Å². The minimum Gasteiger partial charge on any atom is -0.477 e. The number of aliphatic carboxylic acids is 1. The summed E-state index contributed by atoms with van der Waals surface area (Å²) in [4.78, 5) is 35.8. The van der Waals surface area contributed by atoms with Crippen molar-refractivity contribution in [2.75, 3.05) is 16.1 Å². The molecule has 1 heterocycles. The van der Waals surface area contributed by atoms with Gasteiger partial charge in [0, 0.05) is 12.1 Å². The first-order chi connectivity index (χ1) is 21.0. The summed E-state index contributed by atoms with van der Waals surface area (Å²) in [7, 11) is -13.4. The first-order valence-electron chi connectivity index (χ1n) is 12.3. The van der Waals surface area contributed by atoms with Gasteiger partial charge in [-0.2, -0.15) is 37.2 Å². The van der Waals surface area contributed by atoms with E-state index in [1.807, 2.05) is 0 Å². The van der Waals surface area contributed by atoms with Crippen molar-refractivity contribution in [3.8, 4) is 0 Å². The summed E-state index contributed by atoms with van der Waals surface area (Å²) in [6, 6.07) is 12.4. The maximum atomic E-state index is 13.0. The average Bonchev–Trinajstić information content (AvgIpc) is 3.31. The number of azo groups is 1. The summed E-state index contributed by atoms with van der Waals surface area (Å²) in [6.45, 7) is 0. The molecule has 4 rings (SSSR count). The second-order valence-electron chi connectivity index (χ2n) is 9.12. The molecule has 0 saturated carbocycles. The van der Waals surface area contributed by atoms with Crippen LogP contribution in [0.4, 0.5) is 17.1 Å². The number of carbonyl (C=O) groups is 3. The number of rotatable bonds is 11. The highest BCUT2D eigenvalue weighted by atomic mass is 32.2. The third-order valence-corrected chi connectivity index (χ3v) is 9.49. The number of nitrogens with one attached hydrogen (secondary N) is 1. The van der Waals surface area contributed by atoms with E-state index in [0.717, 1.165) is 42.5 Å². The van der Waals surface area contributed by atoms with Crippen LogP contribution in [0.3, 0.4) is 0 Å². The quantitative estimate of drug-likeness (QED) is 0.167. The van der Waals surface area contributed by atoms with Crippen LogP contribution >= 0.6 is 0 Å². The molecule has 3 aromatic rings. The zero-order chi connectivity index (χ0) is 33.2. The molecule has 1 atom stereocenters. The fourth-order valence-electron chi connectivity index (χ4n) is 3.85. The van der Waals surface area contributed by atoms with Crippen molar-refractivity contribution in [2.45, 2.75) is 27.1 Å². The first-order valence-corrected chi connectivity index (χ1v) is 16.8. The van der Waals surface area contributed by atoms with E-state index >= 15 is 0 Å². The van der Waals surface area contributed by atoms with Gasteiger partial charge in [0.15, 0.2) is 15.5 Å². The SMILES string of the molecule is O=C(CCS(=O)(=O)c1ccccc1)Nc1ccc(N=NC2C(=O)N(c3ccc(S(=O)(=O)O)cc3)N=C2C(=O)O)c(S(=O)(=O)O)c1. The lowest BCUT2D eigenvalue weighted by molar-refractivity contribution is -0.130. The first kappa shape index (κ1) is 33.0. The van der Waals surface area contributed by atoms with Crippen molar-refractivity contribution in [1.29, 1.82) is 0 Å². The Morgan fingerprint density at radius 3 is 2.09 bits per heavy atom. The number of carbonyl (C=O) groups excluding carboxylic acids is 2. The second kappa shape index (κ2) is 12.6. The van der Waals surface area contributed by atoms with Gasteiger partial charge >= 0.3 is 5.97 Å². The van der Waals surface area contributed by atoms with Crippen LogP contribution in [0, 0.1) is 0 Å². The van der Waals surface area contributed by atoms with Gasteiger partial charge in [0.1, 0.15) is 10.6 Å². The van der Waals surface area contributed by atoms with Crippen LogP contribution in [0.2, 0.25) is 0 Å². The van der Waals surface area contributed by atoms with Gasteiger partial charge in [0.05, 0.1) is 21.2 Å². The smallest absolute Gasteiger partial charge is 0.355 e. The molecule has 0 fully saturated rings. The number of hydrogen-bond donors (Lipinski definition) is 4. The van der Waals surface area contributed by atoms with Crippen LogP contribution in [-0.4, -0.2) is 74.8 Å². The monoisotopic (exact) mass is 679 g/mol. The van der Waals surface area contributed by atoms with Gasteiger partial charge in [-0.1, -0.05) is 18.2 Å². The van der Waals surface area contributed by atoms with Gasteiger partial charge < -0.3 is 10.4 Å². The highest BCUT2D eigenvalue weighted by Crippen LogP contribution is 2.30. The Hall–Kier alpha value is -4.89. The Balaban J connectivity index is 1.54. The molecule has 1 aliphatic heterocycles. The zero-order valence-electron chi connectivity index (χ0n) is 22.4. The maximum Gasteiger partial charge on any atom is 0.355 e. The van der Waals surface area contributed by atoms with Crippen molar-refractivity contribution >= 4 is 70.6 Å². The normalized spacial score (nSPS) is 15.7. The average molecular weight is 680 g/mol. The molecule has 0 aromatic heterocycles. The topological polar surface area (TPSA) is 267 Å². The number of benzene rings is 3. The van der Waals surface area contributed by atoms with Crippen LogP contribution in [0.25, 0.3) is 0 Å². The third kappa shape index (κ3) is 7.80. The number of hydrogen-bond acceptors (Lipinski definition) is 12. The summed E-state index contributed by atoms with van der Waals surface area (Å²) in [5.41, 5.74) is -1.66. The van der Waals surface area contributed by atoms with E-state index in [9.17, 15) is 49.3 Å². The van der Waals surface area contributed by atoms with Crippen LogP contribution in [-0.2, 0) is 44.5 Å². The fraction of sp³-hybridized carbons (Fsp3) is 0.120. The molecule has 17 nitrogen and oxygen atoms in total. The number of carboxylic acids is 1. The van der Waals surface area contributed by atoms with E-state index in [1.165, 1.54) is 24.3 Å². The number of sulfone groups is 1. The Morgan fingerprint density at radius 2 is 1.51 bits per heavy atom. The summed E-state index contributed by atoms with van der Waals surface area (Å²) < 4.78 is 90.4. The molecule has 0 bridgehead atoms. The van der Waals surface area contributed by atoms with Crippen molar-refractivity contribution in [3.05, 3.63) is 72.8 Å². The largest absolute Gasteiger partial charge is 0.477 e. The highest BCUT2D eigenvalue weighted by molar-refractivity contribution is 7.91. The molecule has 3 aromatic carbocycles. The molecule has 1 unspecified atom stereocenters. The van der Waals surface area contributed by atoms with Gasteiger partial charge in [0.2, 0.25) is 11.9 Å². The predicted molar refractivity (Wildman–Crippen MR) is 155 cm³/mol. The number of nitrogens with zero attached hydrogens (tertiary/aromatic N) is 4. The van der Waals surface area contributed by atoms with E-state index < -0.39 is 87.3 Å². The Bertz CT molecular complexity index is 2060. The van der Waals surface area contributed by atoms with Crippen molar-refractivity contribution in [1.82, 2.24) is 0 Å². The van der Waals surface area contributed by atoms with Gasteiger partial charge in [-0.3, -0.25) is 18.7 Å². The van der Waals surface area contributed by atoms with Gasteiger partial charge in [-0.15, -0.1) is 0 Å². The standard InChI is InChI=1S/C25H21N5O12S3/c31-21(12-13-43(35,36)17-4-2-1-3-5-17)26-15-6-11-19(20(14-15)45(40,41)42)27-28-22-23(25(33)34)29-30(24(22)32)16-7-9-18(10-8-16)44(37,38)39/h1-11,14,22H,12-13H2,(H,26,31)(H,33,34)(H,37,38,39)(H,40,41,42). The molecule has 0 saturated heterocycles. The predicted octanol–water partition coefficient (Wildman–Crippen LogP) is 1.92. The summed E-state index contributed by atoms with van der Waals surface area (Å²) in [5.74, 6) is -4.11. The lowest BCUT2D eigenvalue weighted by Crippen LogP contribution is -2.33. The van der Waals surface area contributed by atoms with Crippen molar-refractivity contribution < 1.29 is 53.8 Å². The van der Waals surface area contributed by atoms with E-state index in [4.69, 9.17) is 4.55 Å². The molecule has 236 valence electrons. The summed E-state index contributed by atoms with van der Waals surface area (Å²) in [6.07, 6.45) is -0.490. The van der Waals surface area contributed by atoms with Crippen LogP contribution in [0.5, 0.6) is 0 Å². The van der Waals surface area contributed by atoms with Gasteiger partial charge in [-0.25, -0.2) is 13.2 Å². The highest BCUT2D eigenvalue weighted by Gasteiger charge is 2.41. The van der Waals surface area contributed by atoms with Crippen LogP contribution in [0.1, 0.15) is 6.42 Å². The third-order valence-electron chi connectivity index (χ3n) is 6.01. The molecule has 20 heteroatoms.